The fraction of sp³-hybridized carbons (Fsp3) is 0. The standard InChI is InChI=1S/C32H20N10.Ag/c33-22-14-13-21-23(24(22)34)32-41-30-20-12-6-5-11-19(20)28(39-30)37-26-16-8-2-1-7-15(16)25(35-26)36-27-17-9-3-4-10-18(17)29(38-27)40-31(21)42-32;/h1-14H,33-34H2,(H2,35,36,37,38,39,40,41,42);/q;+1. The Kier molecular flexibility index (Phi) is 5.47. The molecule has 0 saturated heterocycles. The monoisotopic (exact) mass is 651 g/mol. The summed E-state index contributed by atoms with van der Waals surface area (Å²) >= 11 is 0. The number of nitrogen functional groups attached to an aromatic ring is 2. The van der Waals surface area contributed by atoms with Crippen LogP contribution in [-0.2, 0) is 22.4 Å². The van der Waals surface area contributed by atoms with Crippen molar-refractivity contribution in [1.29, 1.82) is 0 Å². The Balaban J connectivity index is 0.00000278. The molecule has 2 aliphatic rings. The second-order valence-electron chi connectivity index (χ2n) is 10.2. The molecule has 10 nitrogen and oxygen atoms in total. The van der Waals surface area contributed by atoms with Crippen LogP contribution in [0.15, 0.2) is 84.9 Å². The fourth-order valence-corrected chi connectivity index (χ4v) is 5.77. The fourth-order valence-electron chi connectivity index (χ4n) is 5.77. The minimum atomic E-state index is 0. The maximum absolute atomic E-state index is 6.53. The molecule has 6 N–H and O–H groups in total. The average Bonchev–Trinajstić information content (AvgIpc) is 3.74. The van der Waals surface area contributed by atoms with E-state index < -0.39 is 0 Å². The summed E-state index contributed by atoms with van der Waals surface area (Å²) in [6.45, 7) is 0. The number of benzene rings is 4. The number of nitrogens with one attached hydrogen (secondary N) is 2. The normalized spacial score (nSPS) is 11.7. The van der Waals surface area contributed by atoms with Crippen molar-refractivity contribution in [1.82, 2.24) is 39.9 Å². The van der Waals surface area contributed by atoms with Crippen LogP contribution in [0.1, 0.15) is 0 Å². The topological polar surface area (TPSA) is 161 Å². The Labute approximate surface area is 258 Å². The molecular formula is C32H20AgN10+. The number of rotatable bonds is 0. The number of anilines is 2. The van der Waals surface area contributed by atoms with Crippen molar-refractivity contribution < 1.29 is 22.4 Å². The average molecular weight is 652 g/mol. The van der Waals surface area contributed by atoms with Gasteiger partial charge >= 0.3 is 22.4 Å². The number of aromatic nitrogens is 8. The summed E-state index contributed by atoms with van der Waals surface area (Å²) in [5.41, 5.74) is 19.5. The van der Waals surface area contributed by atoms with Gasteiger partial charge in [0.1, 0.15) is 22.6 Å². The predicted molar refractivity (Wildman–Crippen MR) is 165 cm³/mol. The van der Waals surface area contributed by atoms with Gasteiger partial charge in [-0.05, 0) is 12.1 Å². The van der Waals surface area contributed by atoms with Gasteiger partial charge in [-0.15, -0.1) is 0 Å². The molecule has 0 amide bonds. The number of fused-ring (bicyclic) bond motifs is 20. The third-order valence-electron chi connectivity index (χ3n) is 7.79. The van der Waals surface area contributed by atoms with E-state index in [0.717, 1.165) is 38.4 Å². The molecule has 4 aromatic carbocycles. The summed E-state index contributed by atoms with van der Waals surface area (Å²) in [6.07, 6.45) is 0. The zero-order valence-electron chi connectivity index (χ0n) is 22.2. The third-order valence-corrected chi connectivity index (χ3v) is 7.79. The Morgan fingerprint density at radius 2 is 0.814 bits per heavy atom. The molecule has 3 aromatic heterocycles. The van der Waals surface area contributed by atoms with Crippen LogP contribution in [0.4, 0.5) is 11.4 Å². The number of hydrogen-bond donors (Lipinski definition) is 4. The van der Waals surface area contributed by atoms with Crippen molar-refractivity contribution in [2.24, 2.45) is 0 Å². The van der Waals surface area contributed by atoms with Gasteiger partial charge in [-0.2, -0.15) is 0 Å². The number of nitrogens with two attached hydrogens (primary N) is 2. The first-order valence-corrected chi connectivity index (χ1v) is 13.4. The van der Waals surface area contributed by atoms with E-state index in [1.54, 1.807) is 6.07 Å². The van der Waals surface area contributed by atoms with Gasteiger partial charge in [-0.25, -0.2) is 29.9 Å². The first-order valence-electron chi connectivity index (χ1n) is 13.4. The van der Waals surface area contributed by atoms with Crippen LogP contribution in [0.3, 0.4) is 0 Å². The van der Waals surface area contributed by atoms with Crippen LogP contribution >= 0.6 is 0 Å². The first kappa shape index (κ1) is 25.3. The summed E-state index contributed by atoms with van der Waals surface area (Å²) in [7, 11) is 0. The van der Waals surface area contributed by atoms with Crippen molar-refractivity contribution in [2.75, 3.05) is 11.5 Å². The van der Waals surface area contributed by atoms with Gasteiger partial charge in [-0.3, -0.25) is 0 Å². The van der Waals surface area contributed by atoms with Gasteiger partial charge < -0.3 is 21.4 Å². The third kappa shape index (κ3) is 3.71. The predicted octanol–water partition coefficient (Wildman–Crippen LogP) is 6.03. The van der Waals surface area contributed by atoms with Crippen LogP contribution in [0.25, 0.3) is 89.7 Å². The van der Waals surface area contributed by atoms with Gasteiger partial charge in [0.2, 0.25) is 0 Å². The number of H-pyrrole nitrogens is 2. The van der Waals surface area contributed by atoms with Crippen LogP contribution in [0, 0.1) is 0 Å². The summed E-state index contributed by atoms with van der Waals surface area (Å²) < 4.78 is 0. The van der Waals surface area contributed by atoms with Gasteiger partial charge in [0.05, 0.1) is 16.8 Å². The van der Waals surface area contributed by atoms with Crippen molar-refractivity contribution in [2.45, 2.75) is 0 Å². The molecule has 8 bridgehead atoms. The second kappa shape index (κ2) is 9.30. The smallest absolute Gasteiger partial charge is 0.397 e. The SMILES string of the molecule is Nc1ccc2c3nc4nc(nc5[nH]c(nc6nc(nc([nH]3)c2c1N)-c1ccccc1-6)c1ccccc51)-c1ccccc1-4.[Ag+]. The molecule has 0 unspecified atom stereocenters. The summed E-state index contributed by atoms with van der Waals surface area (Å²) in [5, 5.41) is 3.30. The van der Waals surface area contributed by atoms with Crippen LogP contribution in [-0.4, -0.2) is 39.9 Å². The molecule has 0 saturated carbocycles. The molecule has 2 aliphatic heterocycles. The number of hydrogen-bond acceptors (Lipinski definition) is 8. The Morgan fingerprint density at radius 3 is 1.30 bits per heavy atom. The zero-order valence-corrected chi connectivity index (χ0v) is 23.7. The molecule has 0 atom stereocenters. The van der Waals surface area contributed by atoms with Crippen LogP contribution in [0.2, 0.25) is 0 Å². The maximum atomic E-state index is 6.53. The van der Waals surface area contributed by atoms with Crippen LogP contribution in [0.5, 0.6) is 0 Å². The van der Waals surface area contributed by atoms with E-state index in [0.29, 0.717) is 62.6 Å². The minimum Gasteiger partial charge on any atom is -0.397 e. The number of aromatic amines is 2. The van der Waals surface area contributed by atoms with E-state index in [9.17, 15) is 0 Å². The van der Waals surface area contributed by atoms with Gasteiger partial charge in [-0.1, -0.05) is 72.8 Å². The van der Waals surface area contributed by atoms with E-state index in [-0.39, 0.29) is 22.4 Å². The van der Waals surface area contributed by atoms with Gasteiger partial charge in [0, 0.05) is 38.4 Å². The molecule has 43 heavy (non-hydrogen) atoms. The summed E-state index contributed by atoms with van der Waals surface area (Å²) in [5.74, 6) is 2.13. The molecule has 11 heteroatoms. The minimum absolute atomic E-state index is 0. The molecular weight excluding hydrogens is 632 g/mol. The second-order valence-corrected chi connectivity index (χ2v) is 10.2. The summed E-state index contributed by atoms with van der Waals surface area (Å²) in [4.78, 5) is 36.6. The zero-order chi connectivity index (χ0) is 27.9. The molecule has 5 heterocycles. The van der Waals surface area contributed by atoms with Crippen molar-refractivity contribution in [3.8, 4) is 45.6 Å². The van der Waals surface area contributed by atoms with E-state index in [4.69, 9.17) is 41.4 Å². The molecule has 0 fully saturated rings. The van der Waals surface area contributed by atoms with Crippen molar-refractivity contribution >= 4 is 55.5 Å². The molecule has 0 spiro atoms. The molecule has 9 rings (SSSR count). The van der Waals surface area contributed by atoms with E-state index in [2.05, 4.69) is 9.97 Å². The molecule has 208 valence electrons. The van der Waals surface area contributed by atoms with Crippen LogP contribution < -0.4 is 11.5 Å². The van der Waals surface area contributed by atoms with Gasteiger partial charge in [0.15, 0.2) is 23.3 Å². The maximum Gasteiger partial charge on any atom is 1.00 e. The van der Waals surface area contributed by atoms with E-state index in [1.165, 1.54) is 0 Å². The van der Waals surface area contributed by atoms with Crippen molar-refractivity contribution in [3.63, 3.8) is 0 Å². The van der Waals surface area contributed by atoms with Gasteiger partial charge in [0.25, 0.3) is 0 Å². The van der Waals surface area contributed by atoms with E-state index >= 15 is 0 Å². The van der Waals surface area contributed by atoms with Crippen molar-refractivity contribution in [3.05, 3.63) is 84.9 Å². The molecule has 0 aliphatic carbocycles. The Bertz CT molecular complexity index is 2460. The van der Waals surface area contributed by atoms with E-state index in [1.807, 2.05) is 78.9 Å². The summed E-state index contributed by atoms with van der Waals surface area (Å²) in [6, 6.07) is 27.5. The largest absolute Gasteiger partial charge is 1.00 e. The quantitative estimate of drug-likeness (QED) is 0.114. The number of nitrogens with zero attached hydrogens (tertiary/aromatic N) is 6. The molecule has 7 aromatic rings. The Morgan fingerprint density at radius 1 is 0.419 bits per heavy atom. The first-order chi connectivity index (χ1) is 20.6. The molecule has 0 radical (unpaired) electrons. The Hall–Kier alpha value is -5.42.